The van der Waals surface area contributed by atoms with Crippen LogP contribution in [-0.2, 0) is 10.2 Å². The van der Waals surface area contributed by atoms with Crippen molar-refractivity contribution in [1.82, 2.24) is 4.98 Å². The van der Waals surface area contributed by atoms with Crippen LogP contribution >= 0.6 is 11.3 Å². The zero-order valence-corrected chi connectivity index (χ0v) is 11.5. The topological polar surface area (TPSA) is 39.2 Å². The van der Waals surface area contributed by atoms with E-state index in [9.17, 15) is 4.79 Å². The fourth-order valence-corrected chi connectivity index (χ4v) is 2.67. The zero-order chi connectivity index (χ0) is 13.2. The average Bonchev–Trinajstić information content (AvgIpc) is 2.89. The maximum absolute atomic E-state index is 11.4. The third kappa shape index (κ3) is 2.29. The highest BCUT2D eigenvalue weighted by Crippen LogP contribution is 2.33. The number of ether oxygens (including phenoxy) is 1. The van der Waals surface area contributed by atoms with Gasteiger partial charge in [-0.3, -0.25) is 0 Å². The number of nitrogens with zero attached hydrogens (tertiary/aromatic N) is 1. The Hall–Kier alpha value is -1.68. The van der Waals surface area contributed by atoms with Gasteiger partial charge in [0.15, 0.2) is 5.69 Å². The number of hydrogen-bond donors (Lipinski definition) is 0. The lowest BCUT2D eigenvalue weighted by molar-refractivity contribution is 0.0594. The molecule has 0 amide bonds. The van der Waals surface area contributed by atoms with Gasteiger partial charge in [0, 0.05) is 10.8 Å². The summed E-state index contributed by atoms with van der Waals surface area (Å²) in [6.07, 6.45) is 0. The van der Waals surface area contributed by atoms with E-state index in [1.807, 2.05) is 18.2 Å². The molecule has 3 nitrogen and oxygen atoms in total. The number of aromatic nitrogens is 1. The number of benzene rings is 1. The van der Waals surface area contributed by atoms with Crippen LogP contribution in [0.25, 0.3) is 0 Å². The van der Waals surface area contributed by atoms with Gasteiger partial charge in [0.1, 0.15) is 5.01 Å². The molecule has 0 atom stereocenters. The maximum Gasteiger partial charge on any atom is 0.357 e. The van der Waals surface area contributed by atoms with Gasteiger partial charge >= 0.3 is 5.97 Å². The molecule has 0 bridgehead atoms. The Kier molecular flexibility index (Phi) is 3.48. The standard InChI is InChI=1S/C14H15NO2S/c1-14(2,10-7-5-4-6-8-10)13-15-11(9-18-13)12(16)17-3/h4-9H,1-3H3. The minimum atomic E-state index is -0.388. The fourth-order valence-electron chi connectivity index (χ4n) is 1.74. The highest BCUT2D eigenvalue weighted by Gasteiger charge is 2.27. The molecule has 0 aliphatic rings. The van der Waals surface area contributed by atoms with Gasteiger partial charge in [0.2, 0.25) is 0 Å². The highest BCUT2D eigenvalue weighted by molar-refractivity contribution is 7.10. The van der Waals surface area contributed by atoms with Crippen LogP contribution < -0.4 is 0 Å². The van der Waals surface area contributed by atoms with E-state index in [4.69, 9.17) is 0 Å². The van der Waals surface area contributed by atoms with E-state index >= 15 is 0 Å². The summed E-state index contributed by atoms with van der Waals surface area (Å²) >= 11 is 1.48. The molecule has 0 aliphatic carbocycles. The van der Waals surface area contributed by atoms with Crippen LogP contribution in [0.5, 0.6) is 0 Å². The lowest BCUT2D eigenvalue weighted by Gasteiger charge is -2.22. The molecule has 0 N–H and O–H groups in total. The Balaban J connectivity index is 2.36. The zero-order valence-electron chi connectivity index (χ0n) is 10.6. The van der Waals surface area contributed by atoms with E-state index in [2.05, 4.69) is 35.7 Å². The van der Waals surface area contributed by atoms with E-state index in [0.29, 0.717) is 5.69 Å². The van der Waals surface area contributed by atoms with Gasteiger partial charge in [0.25, 0.3) is 0 Å². The summed E-state index contributed by atoms with van der Waals surface area (Å²) in [5.41, 5.74) is 1.34. The summed E-state index contributed by atoms with van der Waals surface area (Å²) in [7, 11) is 1.36. The molecule has 1 aromatic heterocycles. The number of carbonyl (C=O) groups excluding carboxylic acids is 1. The first-order valence-electron chi connectivity index (χ1n) is 5.65. The van der Waals surface area contributed by atoms with E-state index in [1.165, 1.54) is 24.0 Å². The van der Waals surface area contributed by atoms with Crippen molar-refractivity contribution in [3.63, 3.8) is 0 Å². The first-order chi connectivity index (χ1) is 8.55. The molecular weight excluding hydrogens is 246 g/mol. The molecule has 0 saturated carbocycles. The molecule has 1 heterocycles. The van der Waals surface area contributed by atoms with Gasteiger partial charge in [-0.1, -0.05) is 30.3 Å². The van der Waals surface area contributed by atoms with E-state index in [0.717, 1.165) is 5.01 Å². The van der Waals surface area contributed by atoms with Crippen molar-refractivity contribution >= 4 is 17.3 Å². The largest absolute Gasteiger partial charge is 0.464 e. The van der Waals surface area contributed by atoms with Crippen molar-refractivity contribution in [2.75, 3.05) is 7.11 Å². The van der Waals surface area contributed by atoms with Gasteiger partial charge in [0.05, 0.1) is 7.11 Å². The molecule has 94 valence electrons. The number of rotatable bonds is 3. The molecule has 2 aromatic rings. The predicted molar refractivity (Wildman–Crippen MR) is 72.0 cm³/mol. The lowest BCUT2D eigenvalue weighted by atomic mass is 9.85. The van der Waals surface area contributed by atoms with Gasteiger partial charge < -0.3 is 4.74 Å². The summed E-state index contributed by atoms with van der Waals surface area (Å²) < 4.78 is 4.67. The summed E-state index contributed by atoms with van der Waals surface area (Å²) in [6, 6.07) is 10.1. The minimum absolute atomic E-state index is 0.210. The van der Waals surface area contributed by atoms with Crippen molar-refractivity contribution in [2.24, 2.45) is 0 Å². The van der Waals surface area contributed by atoms with Crippen LogP contribution in [0.15, 0.2) is 35.7 Å². The number of methoxy groups -OCH3 is 1. The summed E-state index contributed by atoms with van der Waals surface area (Å²) in [5, 5.41) is 2.65. The lowest BCUT2D eigenvalue weighted by Crippen LogP contribution is -2.19. The first-order valence-corrected chi connectivity index (χ1v) is 6.53. The Morgan fingerprint density at radius 3 is 2.56 bits per heavy atom. The third-order valence-corrected chi connectivity index (χ3v) is 4.09. The molecular formula is C14H15NO2S. The minimum Gasteiger partial charge on any atom is -0.464 e. The highest BCUT2D eigenvalue weighted by atomic mass is 32.1. The second kappa shape index (κ2) is 4.90. The van der Waals surface area contributed by atoms with Gasteiger partial charge in [-0.15, -0.1) is 11.3 Å². The fraction of sp³-hybridized carbons (Fsp3) is 0.286. The summed E-state index contributed by atoms with van der Waals surface area (Å²) in [5.74, 6) is -0.388. The van der Waals surface area contributed by atoms with Gasteiger partial charge in [-0.2, -0.15) is 0 Å². The van der Waals surface area contributed by atoms with Crippen molar-refractivity contribution in [3.05, 3.63) is 52.0 Å². The van der Waals surface area contributed by atoms with Crippen LogP contribution in [0.4, 0.5) is 0 Å². The van der Waals surface area contributed by atoms with Crippen molar-refractivity contribution in [3.8, 4) is 0 Å². The second-order valence-corrected chi connectivity index (χ2v) is 5.38. The smallest absolute Gasteiger partial charge is 0.357 e. The number of hydrogen-bond acceptors (Lipinski definition) is 4. The van der Waals surface area contributed by atoms with E-state index in [-0.39, 0.29) is 11.4 Å². The van der Waals surface area contributed by atoms with Crippen LogP contribution in [0, 0.1) is 0 Å². The van der Waals surface area contributed by atoms with E-state index < -0.39 is 0 Å². The molecule has 0 unspecified atom stereocenters. The Morgan fingerprint density at radius 2 is 1.94 bits per heavy atom. The predicted octanol–water partition coefficient (Wildman–Crippen LogP) is 3.26. The normalized spacial score (nSPS) is 11.3. The molecule has 2 rings (SSSR count). The Bertz CT molecular complexity index is 546. The molecule has 0 radical (unpaired) electrons. The number of esters is 1. The van der Waals surface area contributed by atoms with Crippen molar-refractivity contribution < 1.29 is 9.53 Å². The first kappa shape index (κ1) is 12.8. The molecule has 0 aliphatic heterocycles. The Labute approximate surface area is 110 Å². The monoisotopic (exact) mass is 261 g/mol. The SMILES string of the molecule is COC(=O)c1csc(C(C)(C)c2ccccc2)n1. The maximum atomic E-state index is 11.4. The van der Waals surface area contributed by atoms with E-state index in [1.54, 1.807) is 5.38 Å². The van der Waals surface area contributed by atoms with Gasteiger partial charge in [-0.25, -0.2) is 9.78 Å². The summed E-state index contributed by atoms with van der Waals surface area (Å²) in [4.78, 5) is 15.8. The molecule has 18 heavy (non-hydrogen) atoms. The third-order valence-electron chi connectivity index (χ3n) is 2.93. The Morgan fingerprint density at radius 1 is 1.28 bits per heavy atom. The molecule has 0 spiro atoms. The van der Waals surface area contributed by atoms with Crippen LogP contribution in [-0.4, -0.2) is 18.1 Å². The summed E-state index contributed by atoms with van der Waals surface area (Å²) in [6.45, 7) is 4.20. The average molecular weight is 261 g/mol. The van der Waals surface area contributed by atoms with Crippen molar-refractivity contribution in [2.45, 2.75) is 19.3 Å². The number of thiazole rings is 1. The van der Waals surface area contributed by atoms with Gasteiger partial charge in [-0.05, 0) is 19.4 Å². The van der Waals surface area contributed by atoms with Crippen molar-refractivity contribution in [1.29, 1.82) is 0 Å². The van der Waals surface area contributed by atoms with Crippen LogP contribution in [0.2, 0.25) is 0 Å². The molecule has 0 fully saturated rings. The second-order valence-electron chi connectivity index (χ2n) is 4.52. The molecule has 1 aromatic carbocycles. The molecule has 4 heteroatoms. The van der Waals surface area contributed by atoms with Crippen LogP contribution in [0.3, 0.4) is 0 Å². The molecule has 0 saturated heterocycles. The number of carbonyl (C=O) groups is 1. The quantitative estimate of drug-likeness (QED) is 0.796. The van der Waals surface area contributed by atoms with Crippen LogP contribution in [0.1, 0.15) is 34.9 Å².